The number of hydrogen-bond acceptors (Lipinski definition) is 4. The van der Waals surface area contributed by atoms with Crippen LogP contribution in [0.2, 0.25) is 0 Å². The zero-order valence-corrected chi connectivity index (χ0v) is 23.8. The van der Waals surface area contributed by atoms with E-state index in [4.69, 9.17) is 9.47 Å². The van der Waals surface area contributed by atoms with Crippen molar-refractivity contribution in [3.63, 3.8) is 0 Å². The Bertz CT molecular complexity index is 866. The molecular weight excluding hydrogens is 460 g/mol. The van der Waals surface area contributed by atoms with Crippen molar-refractivity contribution in [3.8, 4) is 5.75 Å². The molecule has 3 aliphatic carbocycles. The van der Waals surface area contributed by atoms with E-state index in [0.717, 1.165) is 51.4 Å². The van der Waals surface area contributed by atoms with Gasteiger partial charge >= 0.3 is 6.16 Å². The first-order valence-corrected chi connectivity index (χ1v) is 15.6. The lowest BCUT2D eigenvalue weighted by Crippen LogP contribution is -2.48. The van der Waals surface area contributed by atoms with Gasteiger partial charge in [-0.2, -0.15) is 0 Å². The van der Waals surface area contributed by atoms with Crippen LogP contribution >= 0.6 is 0 Å². The molecule has 0 bridgehead atoms. The van der Waals surface area contributed by atoms with Gasteiger partial charge < -0.3 is 14.6 Å². The van der Waals surface area contributed by atoms with Crippen LogP contribution in [0.3, 0.4) is 0 Å². The van der Waals surface area contributed by atoms with Crippen molar-refractivity contribution in [2.75, 3.05) is 6.61 Å². The summed E-state index contributed by atoms with van der Waals surface area (Å²) in [6.07, 6.45) is 18.8. The predicted molar refractivity (Wildman–Crippen MR) is 150 cm³/mol. The quantitative estimate of drug-likeness (QED) is 0.211. The van der Waals surface area contributed by atoms with Crippen molar-refractivity contribution in [2.45, 2.75) is 136 Å². The Labute approximate surface area is 225 Å². The molecular formula is C33H52O4. The number of rotatable bonds is 13. The molecule has 2 saturated carbocycles. The molecule has 4 rings (SSSR count). The molecule has 208 valence electrons. The average Bonchev–Trinajstić information content (AvgIpc) is 3.22. The van der Waals surface area contributed by atoms with Gasteiger partial charge in [-0.1, -0.05) is 91.0 Å². The molecule has 0 amide bonds. The van der Waals surface area contributed by atoms with Gasteiger partial charge in [0.1, 0.15) is 11.9 Å². The van der Waals surface area contributed by atoms with Crippen LogP contribution in [0.15, 0.2) is 18.2 Å². The molecule has 2 fully saturated rings. The zero-order chi connectivity index (χ0) is 26.3. The van der Waals surface area contributed by atoms with Gasteiger partial charge in [0, 0.05) is 5.41 Å². The molecule has 6 atom stereocenters. The summed E-state index contributed by atoms with van der Waals surface area (Å²) in [6, 6.07) is 6.03. The van der Waals surface area contributed by atoms with Gasteiger partial charge in [0.15, 0.2) is 0 Å². The van der Waals surface area contributed by atoms with Gasteiger partial charge in [0.25, 0.3) is 0 Å². The van der Waals surface area contributed by atoms with Crippen LogP contribution in [0.4, 0.5) is 4.79 Å². The van der Waals surface area contributed by atoms with Crippen LogP contribution in [0, 0.1) is 23.2 Å². The average molecular weight is 513 g/mol. The van der Waals surface area contributed by atoms with E-state index >= 15 is 0 Å². The summed E-state index contributed by atoms with van der Waals surface area (Å²) in [5.74, 6) is 2.80. The van der Waals surface area contributed by atoms with Gasteiger partial charge in [-0.3, -0.25) is 0 Å². The van der Waals surface area contributed by atoms with Gasteiger partial charge in [-0.05, 0) is 85.5 Å². The van der Waals surface area contributed by atoms with Crippen molar-refractivity contribution in [2.24, 2.45) is 23.2 Å². The Morgan fingerprint density at radius 2 is 1.68 bits per heavy atom. The van der Waals surface area contributed by atoms with Gasteiger partial charge in [0.05, 0.1) is 6.61 Å². The SMILES string of the molecule is CCCCCCCCCCCCOC(=O)OC1CCC2C3C(CC)Cc4cc(O)ccc4C3CCC12C. The topological polar surface area (TPSA) is 55.8 Å². The first kappa shape index (κ1) is 28.3. The van der Waals surface area contributed by atoms with Crippen molar-refractivity contribution in [1.29, 1.82) is 0 Å². The third-order valence-corrected chi connectivity index (χ3v) is 10.3. The van der Waals surface area contributed by atoms with Gasteiger partial charge in [-0.15, -0.1) is 0 Å². The Morgan fingerprint density at radius 1 is 0.973 bits per heavy atom. The Hall–Kier alpha value is -1.71. The molecule has 4 nitrogen and oxygen atoms in total. The lowest BCUT2D eigenvalue weighted by atomic mass is 9.52. The molecule has 6 unspecified atom stereocenters. The normalized spacial score (nSPS) is 30.3. The van der Waals surface area contributed by atoms with E-state index in [-0.39, 0.29) is 11.5 Å². The molecule has 0 aliphatic heterocycles. The molecule has 0 spiro atoms. The third-order valence-electron chi connectivity index (χ3n) is 10.3. The molecule has 3 aliphatic rings. The molecule has 0 saturated heterocycles. The van der Waals surface area contributed by atoms with E-state index in [0.29, 0.717) is 36.0 Å². The van der Waals surface area contributed by atoms with Crippen LogP contribution in [-0.4, -0.2) is 24.0 Å². The Kier molecular flexibility index (Phi) is 10.2. The second-order valence-electron chi connectivity index (χ2n) is 12.6. The van der Waals surface area contributed by atoms with E-state index in [1.165, 1.54) is 62.5 Å². The molecule has 1 aromatic rings. The lowest BCUT2D eigenvalue weighted by molar-refractivity contribution is -0.0635. The zero-order valence-electron chi connectivity index (χ0n) is 23.8. The first-order chi connectivity index (χ1) is 18.0. The number of carbonyl (C=O) groups is 1. The number of aromatic hydroxyl groups is 1. The molecule has 0 radical (unpaired) electrons. The summed E-state index contributed by atoms with van der Waals surface area (Å²) in [5.41, 5.74) is 2.84. The molecule has 0 heterocycles. The smallest absolute Gasteiger partial charge is 0.508 e. The number of phenols is 1. The van der Waals surface area contributed by atoms with Crippen molar-refractivity contribution < 1.29 is 19.4 Å². The van der Waals surface area contributed by atoms with Crippen molar-refractivity contribution in [3.05, 3.63) is 29.3 Å². The number of carbonyl (C=O) groups excluding carboxylic acids is 1. The van der Waals surface area contributed by atoms with Crippen LogP contribution in [0.1, 0.15) is 134 Å². The molecule has 1 aromatic carbocycles. The number of phenolic OH excluding ortho intramolecular Hbond substituents is 1. The fourth-order valence-electron chi connectivity index (χ4n) is 8.22. The van der Waals surface area contributed by atoms with E-state index in [1.54, 1.807) is 0 Å². The van der Waals surface area contributed by atoms with Crippen molar-refractivity contribution in [1.82, 2.24) is 0 Å². The summed E-state index contributed by atoms with van der Waals surface area (Å²) in [5, 5.41) is 10.1. The maximum Gasteiger partial charge on any atom is 0.508 e. The summed E-state index contributed by atoms with van der Waals surface area (Å²) in [6.45, 7) is 7.43. The molecule has 1 N–H and O–H groups in total. The minimum absolute atomic E-state index is 0.0302. The number of unbranched alkanes of at least 4 members (excludes halogenated alkanes) is 9. The molecule has 0 aromatic heterocycles. The summed E-state index contributed by atoms with van der Waals surface area (Å²) >= 11 is 0. The van der Waals surface area contributed by atoms with Crippen LogP contribution in [0.25, 0.3) is 0 Å². The first-order valence-electron chi connectivity index (χ1n) is 15.6. The Balaban J connectivity index is 1.22. The molecule has 4 heteroatoms. The second-order valence-corrected chi connectivity index (χ2v) is 12.6. The minimum atomic E-state index is -0.457. The largest absolute Gasteiger partial charge is 0.508 e. The van der Waals surface area contributed by atoms with Crippen LogP contribution < -0.4 is 0 Å². The van der Waals surface area contributed by atoms with Crippen molar-refractivity contribution >= 4 is 6.16 Å². The highest BCUT2D eigenvalue weighted by molar-refractivity contribution is 5.60. The monoisotopic (exact) mass is 512 g/mol. The number of benzene rings is 1. The second kappa shape index (κ2) is 13.4. The number of hydrogen-bond donors (Lipinski definition) is 1. The summed E-state index contributed by atoms with van der Waals surface area (Å²) < 4.78 is 11.5. The maximum atomic E-state index is 12.6. The third kappa shape index (κ3) is 6.66. The van der Waals surface area contributed by atoms with Crippen LogP contribution in [0.5, 0.6) is 5.75 Å². The van der Waals surface area contributed by atoms with E-state index < -0.39 is 6.16 Å². The standard InChI is InChI=1S/C33H52O4/c1-4-6-7-8-9-10-11-12-13-14-21-36-32(35)37-30-18-17-29-31-24(5-2)22-25-23-26(34)15-16-27(25)28(31)19-20-33(29,30)3/h15-16,23-24,28-31,34H,4-14,17-22H2,1-3H3. The predicted octanol–water partition coefficient (Wildman–Crippen LogP) is 9.33. The lowest BCUT2D eigenvalue weighted by Gasteiger charge is -2.53. The highest BCUT2D eigenvalue weighted by atomic mass is 16.7. The van der Waals surface area contributed by atoms with Gasteiger partial charge in [0.2, 0.25) is 0 Å². The molecule has 37 heavy (non-hydrogen) atoms. The summed E-state index contributed by atoms with van der Waals surface area (Å²) in [7, 11) is 0. The van der Waals surface area contributed by atoms with Crippen LogP contribution in [-0.2, 0) is 15.9 Å². The summed E-state index contributed by atoms with van der Waals surface area (Å²) in [4.78, 5) is 12.6. The number of ether oxygens (including phenoxy) is 2. The Morgan fingerprint density at radius 3 is 2.38 bits per heavy atom. The fourth-order valence-corrected chi connectivity index (χ4v) is 8.22. The highest BCUT2D eigenvalue weighted by Gasteiger charge is 2.58. The van der Waals surface area contributed by atoms with E-state index in [1.807, 2.05) is 12.1 Å². The number of fused-ring (bicyclic) bond motifs is 5. The van der Waals surface area contributed by atoms with E-state index in [2.05, 4.69) is 26.8 Å². The fraction of sp³-hybridized carbons (Fsp3) is 0.788. The van der Waals surface area contributed by atoms with Gasteiger partial charge in [-0.25, -0.2) is 4.79 Å². The maximum absolute atomic E-state index is 12.6. The minimum Gasteiger partial charge on any atom is -0.508 e. The van der Waals surface area contributed by atoms with E-state index in [9.17, 15) is 9.90 Å². The highest BCUT2D eigenvalue weighted by Crippen LogP contribution is 2.63.